The Kier molecular flexibility index (Phi) is 3.51. The molecule has 1 atom stereocenters. The number of benzene rings is 1. The summed E-state index contributed by atoms with van der Waals surface area (Å²) in [5, 5.41) is 11.4. The van der Waals surface area contributed by atoms with Crippen molar-refractivity contribution in [2.45, 2.75) is 12.5 Å². The molecule has 1 aromatic carbocycles. The van der Waals surface area contributed by atoms with Gasteiger partial charge in [0.25, 0.3) is 0 Å². The number of thiophene rings is 1. The lowest BCUT2D eigenvalue weighted by atomic mass is 10.0. The van der Waals surface area contributed by atoms with Gasteiger partial charge < -0.3 is 5.11 Å². The first-order valence-corrected chi connectivity index (χ1v) is 7.19. The normalized spacial score (nSPS) is 12.7. The molecule has 3 rings (SSSR count). The first kappa shape index (κ1) is 12.6. The average Bonchev–Trinajstić information content (AvgIpc) is 2.86. The van der Waals surface area contributed by atoms with Crippen molar-refractivity contribution in [1.82, 2.24) is 4.98 Å². The van der Waals surface area contributed by atoms with E-state index in [2.05, 4.69) is 4.98 Å². The molecule has 2 nitrogen and oxygen atoms in total. The summed E-state index contributed by atoms with van der Waals surface area (Å²) in [6.45, 7) is 0. The number of hydrogen-bond acceptors (Lipinski definition) is 3. The van der Waals surface area contributed by atoms with E-state index in [4.69, 9.17) is 11.6 Å². The van der Waals surface area contributed by atoms with Crippen LogP contribution < -0.4 is 0 Å². The maximum absolute atomic E-state index is 10.3. The van der Waals surface area contributed by atoms with Crippen LogP contribution in [0.4, 0.5) is 0 Å². The average molecular weight is 290 g/mol. The molecular formula is C15H12ClNOS. The summed E-state index contributed by atoms with van der Waals surface area (Å²) in [5.74, 6) is 0. The monoisotopic (exact) mass is 289 g/mol. The van der Waals surface area contributed by atoms with Crippen molar-refractivity contribution < 1.29 is 5.11 Å². The van der Waals surface area contributed by atoms with Crippen LogP contribution in [-0.4, -0.2) is 10.1 Å². The summed E-state index contributed by atoms with van der Waals surface area (Å²) < 4.78 is 0.702. The van der Waals surface area contributed by atoms with E-state index >= 15 is 0 Å². The first-order chi connectivity index (χ1) is 9.24. The molecule has 0 radical (unpaired) electrons. The molecule has 2 heterocycles. The summed E-state index contributed by atoms with van der Waals surface area (Å²) in [6.07, 6.45) is 1.83. The van der Waals surface area contributed by atoms with E-state index in [1.807, 2.05) is 42.5 Å². The lowest BCUT2D eigenvalue weighted by Gasteiger charge is -2.10. The third-order valence-corrected chi connectivity index (χ3v) is 4.41. The van der Waals surface area contributed by atoms with Gasteiger partial charge in [0, 0.05) is 22.9 Å². The van der Waals surface area contributed by atoms with Crippen molar-refractivity contribution in [3.63, 3.8) is 0 Å². The molecule has 0 aliphatic carbocycles. The predicted molar refractivity (Wildman–Crippen MR) is 79.7 cm³/mol. The topological polar surface area (TPSA) is 33.1 Å². The molecule has 1 unspecified atom stereocenters. The van der Waals surface area contributed by atoms with Crippen LogP contribution in [0.1, 0.15) is 16.5 Å². The molecule has 4 heteroatoms. The maximum Gasteiger partial charge on any atom is 0.0932 e. The van der Waals surface area contributed by atoms with Crippen LogP contribution in [0.5, 0.6) is 0 Å². The van der Waals surface area contributed by atoms with E-state index in [1.165, 1.54) is 11.3 Å². The number of rotatable bonds is 3. The number of para-hydroxylation sites is 1. The SMILES string of the molecule is OC(Cc1ccnc2ccccc12)c1ccc(Cl)s1. The highest BCUT2D eigenvalue weighted by atomic mass is 35.5. The van der Waals surface area contributed by atoms with Crippen LogP contribution in [0.3, 0.4) is 0 Å². The molecule has 96 valence electrons. The highest BCUT2D eigenvalue weighted by Gasteiger charge is 2.12. The molecule has 0 saturated heterocycles. The number of fused-ring (bicyclic) bond motifs is 1. The Morgan fingerprint density at radius 3 is 2.79 bits per heavy atom. The number of aliphatic hydroxyl groups is 1. The third kappa shape index (κ3) is 2.63. The molecule has 3 aromatic rings. The largest absolute Gasteiger partial charge is 0.387 e. The van der Waals surface area contributed by atoms with Gasteiger partial charge in [-0.05, 0) is 29.8 Å². The fourth-order valence-corrected chi connectivity index (χ4v) is 3.20. The number of aliphatic hydroxyl groups excluding tert-OH is 1. The standard InChI is InChI=1S/C15H12ClNOS/c16-15-6-5-14(19-15)13(18)9-10-7-8-17-12-4-2-1-3-11(10)12/h1-8,13,18H,9H2. The fourth-order valence-electron chi connectivity index (χ4n) is 2.15. The van der Waals surface area contributed by atoms with Crippen molar-refractivity contribution in [2.75, 3.05) is 0 Å². The zero-order valence-corrected chi connectivity index (χ0v) is 11.7. The van der Waals surface area contributed by atoms with Gasteiger partial charge in [-0.2, -0.15) is 0 Å². The van der Waals surface area contributed by atoms with Crippen LogP contribution in [0.15, 0.2) is 48.7 Å². The fraction of sp³-hybridized carbons (Fsp3) is 0.133. The van der Waals surface area contributed by atoms with Gasteiger partial charge in [0.15, 0.2) is 0 Å². The number of nitrogens with zero attached hydrogens (tertiary/aromatic N) is 1. The van der Waals surface area contributed by atoms with Crippen LogP contribution in [0.2, 0.25) is 4.34 Å². The predicted octanol–water partition coefficient (Wildman–Crippen LogP) is 4.23. The highest BCUT2D eigenvalue weighted by molar-refractivity contribution is 7.16. The Morgan fingerprint density at radius 2 is 2.00 bits per heavy atom. The summed E-state index contributed by atoms with van der Waals surface area (Å²) in [6, 6.07) is 13.6. The number of pyridine rings is 1. The minimum Gasteiger partial charge on any atom is -0.387 e. The van der Waals surface area contributed by atoms with Crippen LogP contribution in [-0.2, 0) is 6.42 Å². The minimum atomic E-state index is -0.525. The molecule has 0 fully saturated rings. The van der Waals surface area contributed by atoms with Crippen molar-refractivity contribution in [3.8, 4) is 0 Å². The van der Waals surface area contributed by atoms with E-state index in [1.54, 1.807) is 6.20 Å². The van der Waals surface area contributed by atoms with E-state index in [0.717, 1.165) is 21.3 Å². The van der Waals surface area contributed by atoms with Crippen molar-refractivity contribution in [1.29, 1.82) is 0 Å². The quantitative estimate of drug-likeness (QED) is 0.783. The summed E-state index contributed by atoms with van der Waals surface area (Å²) in [5.41, 5.74) is 2.05. The van der Waals surface area contributed by atoms with Gasteiger partial charge in [0.05, 0.1) is 16.0 Å². The smallest absolute Gasteiger partial charge is 0.0932 e. The second-order valence-electron chi connectivity index (χ2n) is 4.35. The molecule has 0 aliphatic rings. The second kappa shape index (κ2) is 5.29. The summed E-state index contributed by atoms with van der Waals surface area (Å²) in [7, 11) is 0. The Bertz CT molecular complexity index is 705. The first-order valence-electron chi connectivity index (χ1n) is 6.00. The van der Waals surface area contributed by atoms with Crippen molar-refractivity contribution >= 4 is 33.8 Å². The van der Waals surface area contributed by atoms with Crippen LogP contribution >= 0.6 is 22.9 Å². The number of aromatic nitrogens is 1. The molecule has 0 bridgehead atoms. The lowest BCUT2D eigenvalue weighted by Crippen LogP contribution is -2.00. The Balaban J connectivity index is 1.93. The van der Waals surface area contributed by atoms with Crippen LogP contribution in [0.25, 0.3) is 10.9 Å². The Morgan fingerprint density at radius 1 is 1.16 bits per heavy atom. The zero-order valence-electron chi connectivity index (χ0n) is 10.1. The molecule has 0 aliphatic heterocycles. The molecule has 0 amide bonds. The third-order valence-electron chi connectivity index (χ3n) is 3.08. The highest BCUT2D eigenvalue weighted by Crippen LogP contribution is 2.30. The second-order valence-corrected chi connectivity index (χ2v) is 6.10. The minimum absolute atomic E-state index is 0.525. The van der Waals surface area contributed by atoms with Gasteiger partial charge in [0.2, 0.25) is 0 Å². The molecule has 19 heavy (non-hydrogen) atoms. The van der Waals surface area contributed by atoms with E-state index in [-0.39, 0.29) is 0 Å². The molecular weight excluding hydrogens is 278 g/mol. The van der Waals surface area contributed by atoms with Gasteiger partial charge >= 0.3 is 0 Å². The Labute approximate surface area is 120 Å². The molecule has 0 saturated carbocycles. The maximum atomic E-state index is 10.3. The molecule has 1 N–H and O–H groups in total. The van der Waals surface area contributed by atoms with Gasteiger partial charge in [-0.25, -0.2) is 0 Å². The van der Waals surface area contributed by atoms with E-state index in [9.17, 15) is 5.11 Å². The van der Waals surface area contributed by atoms with Gasteiger partial charge in [-0.3, -0.25) is 4.98 Å². The number of hydrogen-bond donors (Lipinski definition) is 1. The van der Waals surface area contributed by atoms with Crippen LogP contribution in [0, 0.1) is 0 Å². The van der Waals surface area contributed by atoms with Gasteiger partial charge in [0.1, 0.15) is 0 Å². The summed E-state index contributed by atoms with van der Waals surface area (Å²) in [4.78, 5) is 5.22. The lowest BCUT2D eigenvalue weighted by molar-refractivity contribution is 0.182. The van der Waals surface area contributed by atoms with Gasteiger partial charge in [-0.15, -0.1) is 11.3 Å². The van der Waals surface area contributed by atoms with E-state index in [0.29, 0.717) is 10.8 Å². The Hall–Kier alpha value is -1.42. The van der Waals surface area contributed by atoms with Crippen molar-refractivity contribution in [3.05, 3.63) is 63.4 Å². The van der Waals surface area contributed by atoms with E-state index < -0.39 is 6.10 Å². The van der Waals surface area contributed by atoms with Gasteiger partial charge in [-0.1, -0.05) is 29.8 Å². The summed E-state index contributed by atoms with van der Waals surface area (Å²) >= 11 is 7.32. The van der Waals surface area contributed by atoms with Crippen molar-refractivity contribution in [2.24, 2.45) is 0 Å². The molecule has 2 aromatic heterocycles. The molecule has 0 spiro atoms. The zero-order chi connectivity index (χ0) is 13.2. The number of halogens is 1.